The minimum Gasteiger partial charge on any atom is -0.294 e. The maximum absolute atomic E-state index is 12.8. The predicted molar refractivity (Wildman–Crippen MR) is 63.8 cm³/mol. The molecule has 1 aromatic heterocycles. The minimum absolute atomic E-state index is 0.0903. The Morgan fingerprint density at radius 1 is 1.38 bits per heavy atom. The number of ketones is 1. The molecule has 2 rings (SSSR count). The van der Waals surface area contributed by atoms with Gasteiger partial charge in [0.15, 0.2) is 5.78 Å². The van der Waals surface area contributed by atoms with Crippen LogP contribution < -0.4 is 0 Å². The van der Waals surface area contributed by atoms with Gasteiger partial charge in [0, 0.05) is 16.9 Å². The van der Waals surface area contributed by atoms with Gasteiger partial charge in [0.1, 0.15) is 5.82 Å². The summed E-state index contributed by atoms with van der Waals surface area (Å²) in [4.78, 5) is 12.8. The molecule has 0 fully saturated rings. The molecule has 1 aromatic carbocycles. The van der Waals surface area contributed by atoms with Crippen molar-refractivity contribution < 1.29 is 9.18 Å². The SMILES string of the molecule is O=C(Cc1cccs1)c1ccc(F)cc1Cl. The molecule has 0 saturated heterocycles. The third-order valence-corrected chi connectivity index (χ3v) is 3.34. The lowest BCUT2D eigenvalue weighted by Gasteiger charge is -2.02. The van der Waals surface area contributed by atoms with Gasteiger partial charge in [-0.2, -0.15) is 0 Å². The van der Waals surface area contributed by atoms with Crippen LogP contribution in [0, 0.1) is 5.82 Å². The number of Topliss-reactive ketones (excluding diaryl/α,β-unsaturated/α-hetero) is 1. The smallest absolute Gasteiger partial charge is 0.169 e. The Labute approximate surface area is 101 Å². The van der Waals surface area contributed by atoms with Crippen LogP contribution in [0.4, 0.5) is 4.39 Å². The highest BCUT2D eigenvalue weighted by Gasteiger charge is 2.12. The zero-order valence-corrected chi connectivity index (χ0v) is 9.82. The molecule has 0 aliphatic carbocycles. The fraction of sp³-hybridized carbons (Fsp3) is 0.0833. The first kappa shape index (κ1) is 11.3. The monoisotopic (exact) mass is 254 g/mol. The van der Waals surface area contributed by atoms with E-state index in [1.807, 2.05) is 17.5 Å². The molecule has 1 heterocycles. The first-order valence-corrected chi connectivity index (χ1v) is 5.93. The number of rotatable bonds is 3. The summed E-state index contributed by atoms with van der Waals surface area (Å²) in [6, 6.07) is 7.60. The summed E-state index contributed by atoms with van der Waals surface area (Å²) in [5.74, 6) is -0.523. The normalized spacial score (nSPS) is 10.4. The van der Waals surface area contributed by atoms with Crippen molar-refractivity contribution in [3.63, 3.8) is 0 Å². The van der Waals surface area contributed by atoms with Crippen LogP contribution in [-0.2, 0) is 6.42 Å². The highest BCUT2D eigenvalue weighted by molar-refractivity contribution is 7.10. The number of carbonyl (C=O) groups is 1. The molecule has 0 amide bonds. The van der Waals surface area contributed by atoms with Gasteiger partial charge in [-0.3, -0.25) is 4.79 Å². The van der Waals surface area contributed by atoms with Crippen LogP contribution in [-0.4, -0.2) is 5.78 Å². The summed E-state index contributed by atoms with van der Waals surface area (Å²) >= 11 is 7.32. The Morgan fingerprint density at radius 3 is 2.81 bits per heavy atom. The lowest BCUT2D eigenvalue weighted by atomic mass is 10.1. The van der Waals surface area contributed by atoms with Crippen molar-refractivity contribution in [3.05, 3.63) is 57.0 Å². The summed E-state index contributed by atoms with van der Waals surface area (Å²) in [5.41, 5.74) is 0.372. The number of hydrogen-bond acceptors (Lipinski definition) is 2. The third kappa shape index (κ3) is 2.49. The van der Waals surface area contributed by atoms with E-state index in [4.69, 9.17) is 11.6 Å². The van der Waals surface area contributed by atoms with Crippen LogP contribution in [0.1, 0.15) is 15.2 Å². The number of benzene rings is 1. The lowest BCUT2D eigenvalue weighted by Crippen LogP contribution is -2.03. The van der Waals surface area contributed by atoms with Crippen LogP contribution in [0.2, 0.25) is 5.02 Å². The lowest BCUT2D eigenvalue weighted by molar-refractivity contribution is 0.0994. The fourth-order valence-electron chi connectivity index (χ4n) is 1.38. The molecule has 2 aromatic rings. The van der Waals surface area contributed by atoms with Gasteiger partial charge in [0.2, 0.25) is 0 Å². The largest absolute Gasteiger partial charge is 0.294 e. The van der Waals surface area contributed by atoms with Gasteiger partial charge in [0.05, 0.1) is 5.02 Å². The number of carbonyl (C=O) groups excluding carboxylic acids is 1. The van der Waals surface area contributed by atoms with Gasteiger partial charge in [0.25, 0.3) is 0 Å². The van der Waals surface area contributed by atoms with E-state index in [0.717, 1.165) is 10.9 Å². The van der Waals surface area contributed by atoms with Gasteiger partial charge in [-0.1, -0.05) is 17.7 Å². The van der Waals surface area contributed by atoms with Crippen molar-refractivity contribution in [2.75, 3.05) is 0 Å². The Morgan fingerprint density at radius 2 is 2.19 bits per heavy atom. The van der Waals surface area contributed by atoms with Gasteiger partial charge >= 0.3 is 0 Å². The average Bonchev–Trinajstić information content (AvgIpc) is 2.70. The Bertz CT molecular complexity index is 508. The van der Waals surface area contributed by atoms with Crippen molar-refractivity contribution in [2.24, 2.45) is 0 Å². The molecule has 0 saturated carbocycles. The zero-order valence-electron chi connectivity index (χ0n) is 8.24. The molecule has 0 radical (unpaired) electrons. The quantitative estimate of drug-likeness (QED) is 0.758. The summed E-state index contributed by atoms with van der Waals surface area (Å²) < 4.78 is 12.8. The van der Waals surface area contributed by atoms with Crippen LogP contribution in [0.3, 0.4) is 0 Å². The molecule has 16 heavy (non-hydrogen) atoms. The Kier molecular flexibility index (Phi) is 3.36. The molecule has 0 aliphatic rings. The van der Waals surface area contributed by atoms with Crippen LogP contribution in [0.5, 0.6) is 0 Å². The van der Waals surface area contributed by atoms with Crippen LogP contribution in [0.25, 0.3) is 0 Å². The highest BCUT2D eigenvalue weighted by atomic mass is 35.5. The second-order valence-corrected chi connectivity index (χ2v) is 4.74. The van der Waals surface area contributed by atoms with Gasteiger partial charge in [-0.25, -0.2) is 4.39 Å². The maximum Gasteiger partial charge on any atom is 0.169 e. The summed E-state index contributed by atoms with van der Waals surface area (Å²) in [6.45, 7) is 0. The number of thiophene rings is 1. The second-order valence-electron chi connectivity index (χ2n) is 3.30. The molecular weight excluding hydrogens is 247 g/mol. The topological polar surface area (TPSA) is 17.1 Å². The molecule has 0 unspecified atom stereocenters. The van der Waals surface area contributed by atoms with Gasteiger partial charge in [-0.15, -0.1) is 11.3 Å². The molecule has 1 nitrogen and oxygen atoms in total. The maximum atomic E-state index is 12.8. The third-order valence-electron chi connectivity index (χ3n) is 2.15. The van der Waals surface area contributed by atoms with E-state index >= 15 is 0 Å². The zero-order chi connectivity index (χ0) is 11.5. The Balaban J connectivity index is 2.21. The van der Waals surface area contributed by atoms with Crippen molar-refractivity contribution in [2.45, 2.75) is 6.42 Å². The van der Waals surface area contributed by atoms with Crippen LogP contribution in [0.15, 0.2) is 35.7 Å². The average molecular weight is 255 g/mol. The highest BCUT2D eigenvalue weighted by Crippen LogP contribution is 2.20. The molecule has 0 spiro atoms. The summed E-state index contributed by atoms with van der Waals surface area (Å²) in [5, 5.41) is 2.08. The number of hydrogen-bond donors (Lipinski definition) is 0. The minimum atomic E-state index is -0.433. The van der Waals surface area contributed by atoms with Gasteiger partial charge in [-0.05, 0) is 29.6 Å². The van der Waals surface area contributed by atoms with E-state index in [-0.39, 0.29) is 10.8 Å². The summed E-state index contributed by atoms with van der Waals surface area (Å²) in [6.07, 6.45) is 0.309. The van der Waals surface area contributed by atoms with E-state index in [0.29, 0.717) is 12.0 Å². The predicted octanol–water partition coefficient (Wildman–Crippen LogP) is 3.97. The van der Waals surface area contributed by atoms with E-state index in [1.165, 1.54) is 23.5 Å². The van der Waals surface area contributed by atoms with Crippen LogP contribution >= 0.6 is 22.9 Å². The van der Waals surface area contributed by atoms with E-state index in [1.54, 1.807) is 0 Å². The summed E-state index contributed by atoms with van der Waals surface area (Å²) in [7, 11) is 0. The molecule has 0 bridgehead atoms. The Hall–Kier alpha value is -1.19. The van der Waals surface area contributed by atoms with Gasteiger partial charge < -0.3 is 0 Å². The standard InChI is InChI=1S/C12H8ClFOS/c13-11-6-8(14)3-4-10(11)12(15)7-9-2-1-5-16-9/h1-6H,7H2. The molecule has 82 valence electrons. The van der Waals surface area contributed by atoms with Crippen molar-refractivity contribution in [1.82, 2.24) is 0 Å². The van der Waals surface area contributed by atoms with E-state index < -0.39 is 5.82 Å². The fourth-order valence-corrected chi connectivity index (χ4v) is 2.36. The van der Waals surface area contributed by atoms with E-state index in [2.05, 4.69) is 0 Å². The molecule has 0 aliphatic heterocycles. The van der Waals surface area contributed by atoms with Crippen molar-refractivity contribution >= 4 is 28.7 Å². The molecule has 0 N–H and O–H groups in total. The van der Waals surface area contributed by atoms with E-state index in [9.17, 15) is 9.18 Å². The molecule has 4 heteroatoms. The molecule has 0 atom stereocenters. The van der Waals surface area contributed by atoms with Crippen molar-refractivity contribution in [1.29, 1.82) is 0 Å². The second kappa shape index (κ2) is 4.76. The molecular formula is C12H8ClFOS. The first-order chi connectivity index (χ1) is 7.66. The van der Waals surface area contributed by atoms with Crippen molar-refractivity contribution in [3.8, 4) is 0 Å². The first-order valence-electron chi connectivity index (χ1n) is 4.67. The number of halogens is 2.